The van der Waals surface area contributed by atoms with Crippen molar-refractivity contribution in [3.8, 4) is 11.5 Å². The highest BCUT2D eigenvalue weighted by Crippen LogP contribution is 2.39. The first kappa shape index (κ1) is 16.1. The Morgan fingerprint density at radius 1 is 1.24 bits per heavy atom. The number of hydrogen-bond acceptors (Lipinski definition) is 3. The Balaban J connectivity index is 2.13. The molecule has 1 fully saturated rings. The van der Waals surface area contributed by atoms with Gasteiger partial charge in [-0.05, 0) is 30.4 Å². The lowest BCUT2D eigenvalue weighted by atomic mass is 9.89. The van der Waals surface area contributed by atoms with Gasteiger partial charge >= 0.3 is 0 Å². The van der Waals surface area contributed by atoms with Gasteiger partial charge in [-0.15, -0.1) is 0 Å². The van der Waals surface area contributed by atoms with E-state index in [2.05, 4.69) is 21.2 Å². The summed E-state index contributed by atoms with van der Waals surface area (Å²) in [5.74, 6) is 0.925. The average molecular weight is 356 g/mol. The van der Waals surface area contributed by atoms with Crippen molar-refractivity contribution in [1.82, 2.24) is 5.32 Å². The molecule has 1 aliphatic rings. The Morgan fingerprint density at radius 3 is 2.29 bits per heavy atom. The van der Waals surface area contributed by atoms with E-state index in [-0.39, 0.29) is 11.3 Å². The summed E-state index contributed by atoms with van der Waals surface area (Å²) < 4.78 is 10.6. The Hall–Kier alpha value is -1.23. The van der Waals surface area contributed by atoms with Gasteiger partial charge in [-0.25, -0.2) is 0 Å². The van der Waals surface area contributed by atoms with E-state index in [0.29, 0.717) is 23.6 Å². The molecule has 2 rings (SSSR count). The predicted molar refractivity (Wildman–Crippen MR) is 86.6 cm³/mol. The molecule has 1 saturated carbocycles. The number of rotatable bonds is 6. The molecule has 0 aromatic heterocycles. The minimum absolute atomic E-state index is 0.142. The molecule has 0 bridgehead atoms. The van der Waals surface area contributed by atoms with Crippen LogP contribution in [0.25, 0.3) is 0 Å². The number of hydrogen-bond donors (Lipinski definition) is 1. The second kappa shape index (κ2) is 7.16. The van der Waals surface area contributed by atoms with Crippen LogP contribution >= 0.6 is 15.9 Å². The van der Waals surface area contributed by atoms with E-state index in [1.165, 1.54) is 12.8 Å². The molecule has 0 radical (unpaired) electrons. The molecule has 0 heterocycles. The lowest BCUT2D eigenvalue weighted by Gasteiger charge is -2.27. The van der Waals surface area contributed by atoms with Crippen molar-refractivity contribution in [2.24, 2.45) is 5.41 Å². The number of benzene rings is 1. The first-order valence-electron chi connectivity index (χ1n) is 7.21. The van der Waals surface area contributed by atoms with Gasteiger partial charge in [0, 0.05) is 11.9 Å². The third-order valence-electron chi connectivity index (χ3n) is 4.23. The summed E-state index contributed by atoms with van der Waals surface area (Å²) in [4.78, 5) is 12.5. The summed E-state index contributed by atoms with van der Waals surface area (Å²) in [7, 11) is 3.12. The molecule has 0 atom stereocenters. The van der Waals surface area contributed by atoms with Crippen LogP contribution < -0.4 is 14.8 Å². The van der Waals surface area contributed by atoms with Crippen LogP contribution in [0, 0.1) is 5.41 Å². The van der Waals surface area contributed by atoms with Crippen LogP contribution in [-0.4, -0.2) is 32.0 Å². The maximum atomic E-state index is 12.5. The Bertz CT molecular complexity index is 476. The topological polar surface area (TPSA) is 47.6 Å². The second-order valence-electron chi connectivity index (χ2n) is 5.56. The summed E-state index contributed by atoms with van der Waals surface area (Å²) in [5.41, 5.74) is 0.649. The first-order valence-corrected chi connectivity index (χ1v) is 8.33. The summed E-state index contributed by atoms with van der Waals surface area (Å²) in [5, 5.41) is 3.97. The molecule has 1 amide bonds. The Morgan fingerprint density at radius 2 is 1.81 bits per heavy atom. The van der Waals surface area contributed by atoms with E-state index in [1.807, 2.05) is 6.07 Å². The van der Waals surface area contributed by atoms with Crippen LogP contribution in [0.2, 0.25) is 0 Å². The highest BCUT2D eigenvalue weighted by atomic mass is 79.9. The number of ether oxygens (including phenoxy) is 2. The summed E-state index contributed by atoms with van der Waals surface area (Å²) in [6.45, 7) is 0.679. The fraction of sp³-hybridized carbons (Fsp3) is 0.562. The number of nitrogens with one attached hydrogen (secondary N) is 1. The van der Waals surface area contributed by atoms with Crippen molar-refractivity contribution in [2.75, 3.05) is 26.1 Å². The van der Waals surface area contributed by atoms with Gasteiger partial charge in [0.1, 0.15) is 17.1 Å². The maximum absolute atomic E-state index is 12.5. The highest BCUT2D eigenvalue weighted by molar-refractivity contribution is 9.09. The molecular weight excluding hydrogens is 334 g/mol. The Labute approximate surface area is 134 Å². The standard InChI is InChI=1S/C16H22BrNO3/c1-20-12-6-5-7-13(21-2)14(12)15(19)18-11-16(10-17)8-3-4-9-16/h5-7H,3-4,8-11H2,1-2H3,(H,18,19). The zero-order chi connectivity index (χ0) is 15.3. The largest absolute Gasteiger partial charge is 0.496 e. The number of alkyl halides is 1. The monoisotopic (exact) mass is 355 g/mol. The normalized spacial score (nSPS) is 16.5. The molecule has 0 spiro atoms. The number of carbonyl (C=O) groups is 1. The van der Waals surface area contributed by atoms with Crippen LogP contribution in [0.4, 0.5) is 0 Å². The lowest BCUT2D eigenvalue weighted by Crippen LogP contribution is -2.37. The molecule has 21 heavy (non-hydrogen) atoms. The van der Waals surface area contributed by atoms with Crippen molar-refractivity contribution in [2.45, 2.75) is 25.7 Å². The highest BCUT2D eigenvalue weighted by Gasteiger charge is 2.33. The number of halogens is 1. The quantitative estimate of drug-likeness (QED) is 0.795. The van der Waals surface area contributed by atoms with E-state index in [4.69, 9.17) is 9.47 Å². The van der Waals surface area contributed by atoms with E-state index >= 15 is 0 Å². The van der Waals surface area contributed by atoms with Gasteiger partial charge in [0.25, 0.3) is 5.91 Å². The van der Waals surface area contributed by atoms with Gasteiger partial charge in [-0.3, -0.25) is 4.79 Å². The zero-order valence-electron chi connectivity index (χ0n) is 12.6. The number of methoxy groups -OCH3 is 2. The number of amides is 1. The molecule has 1 aromatic carbocycles. The molecule has 0 unspecified atom stereocenters. The fourth-order valence-electron chi connectivity index (χ4n) is 2.91. The summed E-state index contributed by atoms with van der Waals surface area (Å²) >= 11 is 3.60. The minimum atomic E-state index is -0.142. The minimum Gasteiger partial charge on any atom is -0.496 e. The molecule has 5 heteroatoms. The van der Waals surface area contributed by atoms with Crippen LogP contribution in [0.5, 0.6) is 11.5 Å². The van der Waals surface area contributed by atoms with Gasteiger partial charge in [-0.1, -0.05) is 34.8 Å². The summed E-state index contributed by atoms with van der Waals surface area (Å²) in [6.07, 6.45) is 4.78. The average Bonchev–Trinajstić information content (AvgIpc) is 3.01. The third-order valence-corrected chi connectivity index (χ3v) is 5.42. The van der Waals surface area contributed by atoms with Gasteiger partial charge in [-0.2, -0.15) is 0 Å². The van der Waals surface area contributed by atoms with Crippen molar-refractivity contribution >= 4 is 21.8 Å². The third kappa shape index (κ3) is 3.51. The van der Waals surface area contributed by atoms with Gasteiger partial charge in [0.2, 0.25) is 0 Å². The predicted octanol–water partition coefficient (Wildman–Crippen LogP) is 3.39. The van der Waals surface area contributed by atoms with Crippen molar-refractivity contribution < 1.29 is 14.3 Å². The molecule has 4 nitrogen and oxygen atoms in total. The molecular formula is C16H22BrNO3. The second-order valence-corrected chi connectivity index (χ2v) is 6.12. The van der Waals surface area contributed by atoms with E-state index < -0.39 is 0 Å². The van der Waals surface area contributed by atoms with Gasteiger partial charge in [0.15, 0.2) is 0 Å². The molecule has 1 aromatic rings. The van der Waals surface area contributed by atoms with Gasteiger partial charge in [0.05, 0.1) is 14.2 Å². The molecule has 116 valence electrons. The lowest BCUT2D eigenvalue weighted by molar-refractivity contribution is 0.0929. The van der Waals surface area contributed by atoms with Crippen molar-refractivity contribution in [3.63, 3.8) is 0 Å². The zero-order valence-corrected chi connectivity index (χ0v) is 14.2. The van der Waals surface area contributed by atoms with Crippen LogP contribution in [0.3, 0.4) is 0 Å². The summed E-state index contributed by atoms with van der Waals surface area (Å²) in [6, 6.07) is 5.35. The molecule has 0 saturated heterocycles. The van der Waals surface area contributed by atoms with Gasteiger partial charge < -0.3 is 14.8 Å². The number of carbonyl (C=O) groups excluding carboxylic acids is 1. The maximum Gasteiger partial charge on any atom is 0.258 e. The fourth-order valence-corrected chi connectivity index (χ4v) is 3.67. The smallest absolute Gasteiger partial charge is 0.258 e. The van der Waals surface area contributed by atoms with Crippen LogP contribution in [0.1, 0.15) is 36.0 Å². The molecule has 1 N–H and O–H groups in total. The Kier molecular flexibility index (Phi) is 5.51. The molecule has 0 aliphatic heterocycles. The van der Waals surface area contributed by atoms with E-state index in [1.54, 1.807) is 26.4 Å². The van der Waals surface area contributed by atoms with Crippen LogP contribution in [0.15, 0.2) is 18.2 Å². The van der Waals surface area contributed by atoms with E-state index in [9.17, 15) is 4.79 Å². The van der Waals surface area contributed by atoms with Crippen LogP contribution in [-0.2, 0) is 0 Å². The van der Waals surface area contributed by atoms with Crippen molar-refractivity contribution in [3.05, 3.63) is 23.8 Å². The van der Waals surface area contributed by atoms with E-state index in [0.717, 1.165) is 18.2 Å². The SMILES string of the molecule is COc1cccc(OC)c1C(=O)NCC1(CBr)CCCC1. The molecule has 1 aliphatic carbocycles. The first-order chi connectivity index (χ1) is 10.2. The van der Waals surface area contributed by atoms with Crippen molar-refractivity contribution in [1.29, 1.82) is 0 Å².